The molecule has 5 heteroatoms. The quantitative estimate of drug-likeness (QED) is 0.803. The number of ketones is 1. The van der Waals surface area contributed by atoms with E-state index in [4.69, 9.17) is 4.74 Å². The fraction of sp³-hybridized carbons (Fsp3) is 0.300. The molecule has 1 aliphatic carbocycles. The Morgan fingerprint density at radius 1 is 1.32 bits per heavy atom. The van der Waals surface area contributed by atoms with Crippen LogP contribution >= 0.6 is 0 Å². The third-order valence-corrected chi connectivity index (χ3v) is 5.06. The maximum atomic E-state index is 13.1. The van der Waals surface area contributed by atoms with E-state index in [0.717, 1.165) is 33.5 Å². The molecule has 1 unspecified atom stereocenters. The molecule has 5 nitrogen and oxygen atoms in total. The first-order valence-electron chi connectivity index (χ1n) is 8.45. The number of pyridine rings is 1. The van der Waals surface area contributed by atoms with E-state index in [9.17, 15) is 10.0 Å². The van der Waals surface area contributed by atoms with Gasteiger partial charge >= 0.3 is 0 Å². The van der Waals surface area contributed by atoms with E-state index in [0.29, 0.717) is 36.7 Å². The van der Waals surface area contributed by atoms with Gasteiger partial charge in [0.1, 0.15) is 5.75 Å². The summed E-state index contributed by atoms with van der Waals surface area (Å²) in [5, 5.41) is 13.4. The number of allylic oxidation sites excluding steroid dienone is 3. The fourth-order valence-corrected chi connectivity index (χ4v) is 3.65. The van der Waals surface area contributed by atoms with Gasteiger partial charge < -0.3 is 15.0 Å². The topological polar surface area (TPSA) is 65.5 Å². The van der Waals surface area contributed by atoms with Gasteiger partial charge in [-0.3, -0.25) is 9.78 Å². The van der Waals surface area contributed by atoms with E-state index >= 15 is 0 Å². The maximum Gasteiger partial charge on any atom is 0.189 e. The molecule has 0 N–H and O–H groups in total. The summed E-state index contributed by atoms with van der Waals surface area (Å²) < 4.78 is 5.29. The minimum Gasteiger partial charge on any atom is -0.785 e. The van der Waals surface area contributed by atoms with E-state index in [2.05, 4.69) is 4.98 Å². The monoisotopic (exact) mass is 335 g/mol. The van der Waals surface area contributed by atoms with Gasteiger partial charge in [-0.2, -0.15) is 0 Å². The molecule has 128 valence electrons. The molecule has 25 heavy (non-hydrogen) atoms. The molecule has 2 heterocycles. The van der Waals surface area contributed by atoms with Crippen LogP contribution in [0.25, 0.3) is 10.9 Å². The van der Waals surface area contributed by atoms with Gasteiger partial charge in [0, 0.05) is 29.3 Å². The maximum absolute atomic E-state index is 13.1. The van der Waals surface area contributed by atoms with E-state index in [1.165, 1.54) is 0 Å². The van der Waals surface area contributed by atoms with Crippen molar-refractivity contribution < 1.29 is 9.53 Å². The van der Waals surface area contributed by atoms with Crippen molar-refractivity contribution in [1.29, 1.82) is 0 Å². The summed E-state index contributed by atoms with van der Waals surface area (Å²) in [6.07, 6.45) is 7.01. The summed E-state index contributed by atoms with van der Waals surface area (Å²) >= 11 is 0. The number of methoxy groups -OCH3 is 1. The van der Waals surface area contributed by atoms with Crippen LogP contribution in [-0.4, -0.2) is 36.0 Å². The summed E-state index contributed by atoms with van der Waals surface area (Å²) in [4.78, 5) is 17.5. The van der Waals surface area contributed by atoms with Gasteiger partial charge in [0.25, 0.3) is 0 Å². The number of Topliss-reactive ketones (excluding diaryl/α,β-unsaturated/α-hetero) is 1. The highest BCUT2D eigenvalue weighted by Crippen LogP contribution is 2.34. The van der Waals surface area contributed by atoms with Crippen LogP contribution in [0.1, 0.15) is 23.2 Å². The molecule has 4 rings (SSSR count). The van der Waals surface area contributed by atoms with Gasteiger partial charge in [-0.1, -0.05) is 17.7 Å². The first-order chi connectivity index (χ1) is 12.2. The van der Waals surface area contributed by atoms with Crippen LogP contribution < -0.4 is 4.74 Å². The standard InChI is InChI=1S/C20H19N2O3/c1-25-16-4-5-19-18(11-16)17(6-8-21-19)20(23)14-2-3-15-12-22(24)9-7-13(15)10-14/h2-6,8,11,13H,7,9-10,12H2,1H3/q-1. The number of fused-ring (bicyclic) bond motifs is 2. The molecule has 1 aromatic heterocycles. The van der Waals surface area contributed by atoms with Crippen LogP contribution in [0.5, 0.6) is 5.75 Å². The van der Waals surface area contributed by atoms with Crippen LogP contribution in [0.4, 0.5) is 0 Å². The Morgan fingerprint density at radius 3 is 3.04 bits per heavy atom. The smallest absolute Gasteiger partial charge is 0.189 e. The third-order valence-electron chi connectivity index (χ3n) is 5.06. The highest BCUT2D eigenvalue weighted by molar-refractivity contribution is 6.16. The summed E-state index contributed by atoms with van der Waals surface area (Å²) in [5.74, 6) is 1.04. The minimum absolute atomic E-state index is 0.0282. The zero-order valence-corrected chi connectivity index (χ0v) is 14.1. The molecule has 2 aliphatic rings. The average Bonchev–Trinajstić information content (AvgIpc) is 2.66. The number of benzene rings is 1. The normalized spacial score (nSPS) is 20.6. The van der Waals surface area contributed by atoms with Crippen LogP contribution in [0.2, 0.25) is 0 Å². The first-order valence-corrected chi connectivity index (χ1v) is 8.45. The summed E-state index contributed by atoms with van der Waals surface area (Å²) in [6, 6.07) is 7.33. The molecule has 0 spiro atoms. The van der Waals surface area contributed by atoms with Crippen molar-refractivity contribution in [3.8, 4) is 5.75 Å². The van der Waals surface area contributed by atoms with Gasteiger partial charge in [0.05, 0.1) is 12.6 Å². The number of carbonyl (C=O) groups is 1. The number of nitrogens with zero attached hydrogens (tertiary/aromatic N) is 2. The molecule has 0 amide bonds. The third kappa shape index (κ3) is 2.97. The molecular formula is C20H19N2O3-. The zero-order valence-electron chi connectivity index (χ0n) is 14.1. The molecule has 1 aromatic carbocycles. The predicted octanol–water partition coefficient (Wildman–Crippen LogP) is 3.50. The number of hydrogen-bond acceptors (Lipinski definition) is 5. The molecule has 1 atom stereocenters. The second-order valence-electron chi connectivity index (χ2n) is 6.56. The largest absolute Gasteiger partial charge is 0.785 e. The number of aromatic nitrogens is 1. The molecule has 2 aromatic rings. The van der Waals surface area contributed by atoms with Gasteiger partial charge in [-0.15, -0.1) is 0 Å². The number of rotatable bonds is 3. The average molecular weight is 335 g/mol. The van der Waals surface area contributed by atoms with Gasteiger partial charge in [0.2, 0.25) is 0 Å². The minimum atomic E-state index is 0.0282. The van der Waals surface area contributed by atoms with Crippen molar-refractivity contribution in [3.05, 3.63) is 64.5 Å². The van der Waals surface area contributed by atoms with Gasteiger partial charge in [-0.05, 0) is 49.6 Å². The lowest BCUT2D eigenvalue weighted by Gasteiger charge is -2.39. The zero-order chi connectivity index (χ0) is 17.4. The Bertz CT molecular complexity index is 901. The summed E-state index contributed by atoms with van der Waals surface area (Å²) in [7, 11) is 1.61. The highest BCUT2D eigenvalue weighted by atomic mass is 16.5. The number of ether oxygens (including phenoxy) is 1. The Hall–Kier alpha value is -2.50. The first kappa shape index (κ1) is 16.0. The van der Waals surface area contributed by atoms with E-state index < -0.39 is 0 Å². The Labute approximate surface area is 146 Å². The lowest BCUT2D eigenvalue weighted by Crippen LogP contribution is -2.32. The fourth-order valence-electron chi connectivity index (χ4n) is 3.65. The summed E-state index contributed by atoms with van der Waals surface area (Å²) in [6.45, 7) is 0.997. The van der Waals surface area contributed by atoms with E-state index in [1.54, 1.807) is 19.4 Å². The Kier molecular flexibility index (Phi) is 4.11. The van der Waals surface area contributed by atoms with Gasteiger partial charge in [-0.25, -0.2) is 0 Å². The predicted molar refractivity (Wildman–Crippen MR) is 96.5 cm³/mol. The van der Waals surface area contributed by atoms with Crippen molar-refractivity contribution in [2.75, 3.05) is 20.2 Å². The number of piperidine rings is 1. The van der Waals surface area contributed by atoms with Crippen molar-refractivity contribution >= 4 is 16.7 Å². The number of hydroxylamine groups is 2. The molecule has 0 radical (unpaired) electrons. The SMILES string of the molecule is COc1ccc2nccc(C(=O)C3=CC=C4CN([O-])CCC4C3)c2c1. The van der Waals surface area contributed by atoms with Crippen molar-refractivity contribution in [2.24, 2.45) is 5.92 Å². The lowest BCUT2D eigenvalue weighted by atomic mass is 9.80. The molecule has 1 saturated heterocycles. The molecule has 0 bridgehead atoms. The second kappa shape index (κ2) is 6.43. The second-order valence-corrected chi connectivity index (χ2v) is 6.56. The summed E-state index contributed by atoms with van der Waals surface area (Å²) in [5.41, 5.74) is 3.36. The van der Waals surface area contributed by atoms with Crippen LogP contribution in [0.3, 0.4) is 0 Å². The molecule has 1 fully saturated rings. The Balaban J connectivity index is 1.71. The lowest BCUT2D eigenvalue weighted by molar-refractivity contribution is 0.102. The number of carbonyl (C=O) groups excluding carboxylic acids is 1. The highest BCUT2D eigenvalue weighted by Gasteiger charge is 2.26. The van der Waals surface area contributed by atoms with Crippen molar-refractivity contribution in [1.82, 2.24) is 10.0 Å². The van der Waals surface area contributed by atoms with E-state index in [1.807, 2.05) is 30.4 Å². The molecular weight excluding hydrogens is 316 g/mol. The molecule has 0 saturated carbocycles. The van der Waals surface area contributed by atoms with Crippen molar-refractivity contribution in [2.45, 2.75) is 12.8 Å². The Morgan fingerprint density at radius 2 is 2.20 bits per heavy atom. The van der Waals surface area contributed by atoms with Crippen LogP contribution in [0.15, 0.2) is 53.8 Å². The molecule has 1 aliphatic heterocycles. The number of hydrogen-bond donors (Lipinski definition) is 0. The van der Waals surface area contributed by atoms with E-state index in [-0.39, 0.29) is 5.78 Å². The van der Waals surface area contributed by atoms with Crippen LogP contribution in [-0.2, 0) is 0 Å². The van der Waals surface area contributed by atoms with Crippen molar-refractivity contribution in [3.63, 3.8) is 0 Å². The van der Waals surface area contributed by atoms with Crippen LogP contribution in [0, 0.1) is 11.1 Å². The van der Waals surface area contributed by atoms with Gasteiger partial charge in [0.15, 0.2) is 5.78 Å².